The van der Waals surface area contributed by atoms with E-state index in [0.717, 1.165) is 6.26 Å². The summed E-state index contributed by atoms with van der Waals surface area (Å²) in [6.45, 7) is 0. The first-order valence-electron chi connectivity index (χ1n) is 9.27. The fourth-order valence-corrected chi connectivity index (χ4v) is 4.32. The average molecular weight is 485 g/mol. The molecule has 0 saturated heterocycles. The summed E-state index contributed by atoms with van der Waals surface area (Å²) in [5, 5.41) is 2.93. The van der Waals surface area contributed by atoms with Crippen LogP contribution in [0.2, 0.25) is 0 Å². The summed E-state index contributed by atoms with van der Waals surface area (Å²) in [6.07, 6.45) is -1.37. The third-order valence-electron chi connectivity index (χ3n) is 4.22. The molecule has 176 valence electrons. The molecule has 2 N–H and O–H groups in total. The lowest BCUT2D eigenvalue weighted by Crippen LogP contribution is -2.24. The zero-order valence-electron chi connectivity index (χ0n) is 17.3. The smallest absolute Gasteiger partial charge is 0.474 e. The normalized spacial score (nSPS) is 12.2. The van der Waals surface area contributed by atoms with E-state index in [1.54, 1.807) is 6.07 Å². The van der Waals surface area contributed by atoms with E-state index in [9.17, 15) is 26.9 Å². The molecule has 3 rings (SSSR count). The number of benzene rings is 1. The van der Waals surface area contributed by atoms with Crippen molar-refractivity contribution in [3.05, 3.63) is 60.3 Å². The van der Waals surface area contributed by atoms with Crippen molar-refractivity contribution in [1.82, 2.24) is 15.0 Å². The van der Waals surface area contributed by atoms with Crippen LogP contribution in [-0.4, -0.2) is 45.0 Å². The quantitative estimate of drug-likeness (QED) is 0.355. The minimum atomic E-state index is -5.15. The average Bonchev–Trinajstić information content (AvgIpc) is 2.72. The van der Waals surface area contributed by atoms with Crippen LogP contribution in [0.5, 0.6) is 5.75 Å². The Morgan fingerprint density at radius 3 is 2.58 bits per heavy atom. The first-order chi connectivity index (χ1) is 15.5. The van der Waals surface area contributed by atoms with Crippen molar-refractivity contribution in [3.63, 3.8) is 0 Å². The minimum absolute atomic E-state index is 0.256. The number of ether oxygens (including phenoxy) is 1. The number of halogens is 4. The van der Waals surface area contributed by atoms with Crippen molar-refractivity contribution in [2.45, 2.75) is 11.9 Å². The molecule has 0 saturated carbocycles. The molecule has 8 nitrogen and oxygen atoms in total. The highest BCUT2D eigenvalue weighted by Crippen LogP contribution is 2.30. The van der Waals surface area contributed by atoms with E-state index in [4.69, 9.17) is 4.74 Å². The number of hydrogen-bond acceptors (Lipinski definition) is 6. The van der Waals surface area contributed by atoms with E-state index >= 15 is 0 Å². The summed E-state index contributed by atoms with van der Waals surface area (Å²) in [4.78, 5) is 23.5. The lowest BCUT2D eigenvalue weighted by Gasteiger charge is -2.18. The van der Waals surface area contributed by atoms with Gasteiger partial charge in [0.2, 0.25) is 0 Å². The number of methoxy groups -OCH3 is 1. The molecular weight excluding hydrogens is 466 g/mol. The van der Waals surface area contributed by atoms with E-state index < -0.39 is 28.0 Å². The Bertz CT molecular complexity index is 1230. The topological polar surface area (TPSA) is 110 Å². The predicted octanol–water partition coefficient (Wildman–Crippen LogP) is 4.19. The van der Waals surface area contributed by atoms with Gasteiger partial charge < -0.3 is 14.6 Å². The van der Waals surface area contributed by atoms with E-state index in [0.29, 0.717) is 22.6 Å². The molecule has 3 aromatic rings. The molecule has 0 aliphatic heterocycles. The highest BCUT2D eigenvalue weighted by atomic mass is 32.3. The molecule has 0 fully saturated rings. The number of amides is 1. The fraction of sp³-hybridized carbons (Fsp3) is 0.200. The van der Waals surface area contributed by atoms with Crippen molar-refractivity contribution in [2.24, 2.45) is 4.36 Å². The van der Waals surface area contributed by atoms with Crippen LogP contribution in [0, 0.1) is 5.82 Å². The number of pyridine rings is 1. The Hall–Kier alpha value is -3.45. The Labute approximate surface area is 187 Å². The molecule has 0 radical (unpaired) electrons. The monoisotopic (exact) mass is 485 g/mol. The molecule has 0 aliphatic rings. The molecule has 0 atom stereocenters. The highest BCUT2D eigenvalue weighted by Gasteiger charge is 2.39. The lowest BCUT2D eigenvalue weighted by molar-refractivity contribution is -0.169. The van der Waals surface area contributed by atoms with E-state index in [2.05, 4.69) is 24.6 Å². The van der Waals surface area contributed by atoms with Crippen LogP contribution in [0.15, 0.2) is 53.3 Å². The Kier molecular flexibility index (Phi) is 7.03. The van der Waals surface area contributed by atoms with Crippen molar-refractivity contribution >= 4 is 27.6 Å². The second kappa shape index (κ2) is 9.58. The first-order valence-corrected chi connectivity index (χ1v) is 11.6. The number of rotatable bonds is 6. The number of carbonyl (C=O) groups excluding carboxylic acids is 1. The van der Waals surface area contributed by atoms with Crippen molar-refractivity contribution < 1.29 is 31.6 Å². The number of hydrogen-bond donors (Lipinski definition) is 3. The van der Waals surface area contributed by atoms with Crippen LogP contribution in [-0.2, 0) is 20.7 Å². The van der Waals surface area contributed by atoms with Gasteiger partial charge in [-0.1, -0.05) is 0 Å². The summed E-state index contributed by atoms with van der Waals surface area (Å²) in [5.74, 6) is -2.15. The van der Waals surface area contributed by atoms with Crippen molar-refractivity contribution in [1.29, 1.82) is 0 Å². The number of nitrogens with one attached hydrogen (secondary N) is 1. The van der Waals surface area contributed by atoms with Crippen LogP contribution in [0.4, 0.5) is 29.2 Å². The summed E-state index contributed by atoms with van der Waals surface area (Å²) in [6, 6.07) is 8.55. The van der Waals surface area contributed by atoms with Gasteiger partial charge >= 0.3 is 12.1 Å². The van der Waals surface area contributed by atoms with Gasteiger partial charge in [0.05, 0.1) is 12.8 Å². The summed E-state index contributed by atoms with van der Waals surface area (Å²) in [5.41, 5.74) is 1.39. The van der Waals surface area contributed by atoms with Crippen LogP contribution < -0.4 is 10.1 Å². The highest BCUT2D eigenvalue weighted by molar-refractivity contribution is 7.98. The molecule has 0 aliphatic carbocycles. The molecule has 0 bridgehead atoms. The third kappa shape index (κ3) is 6.52. The van der Waals surface area contributed by atoms with Crippen molar-refractivity contribution in [2.75, 3.05) is 18.7 Å². The van der Waals surface area contributed by atoms with Crippen LogP contribution in [0.25, 0.3) is 11.3 Å². The zero-order valence-corrected chi connectivity index (χ0v) is 18.2. The second-order valence-corrected chi connectivity index (χ2v) is 9.65. The SMILES string of the molecule is COc1cc(F)ccc1-c1cc(Nc2cc(C[SH](C)(O)=NC(=O)C(F)(F)F)ccn2)ncn1. The molecule has 2 heterocycles. The van der Waals surface area contributed by atoms with Gasteiger partial charge in [0, 0.05) is 29.6 Å². The largest absolute Gasteiger partial charge is 0.496 e. The maximum absolute atomic E-state index is 13.5. The van der Waals surface area contributed by atoms with Gasteiger partial charge in [-0.2, -0.15) is 17.5 Å². The standard InChI is InChI=1S/C20H19F4N5O3S/c1-32-16-8-13(21)3-4-14(16)15-9-18(27-11-26-15)28-17-7-12(5-6-25-17)10-33(2,31)29-19(30)20(22,23)24/h3-9,11,33H,10H2,1-2H3,(H,29,30,31)(H,25,26,27,28). The zero-order chi connectivity index (χ0) is 24.2. The third-order valence-corrected chi connectivity index (χ3v) is 5.79. The minimum Gasteiger partial charge on any atom is -0.496 e. The van der Waals surface area contributed by atoms with Gasteiger partial charge in [-0.05, 0) is 36.1 Å². The van der Waals surface area contributed by atoms with E-state index in [1.165, 1.54) is 50.0 Å². The Balaban J connectivity index is 1.82. The van der Waals surface area contributed by atoms with Gasteiger partial charge in [0.1, 0.15) is 29.5 Å². The number of carbonyl (C=O) groups is 1. The molecule has 0 spiro atoms. The number of thiol groups is 1. The number of nitrogens with zero attached hydrogens (tertiary/aromatic N) is 4. The predicted molar refractivity (Wildman–Crippen MR) is 116 cm³/mol. The molecule has 2 aromatic heterocycles. The summed E-state index contributed by atoms with van der Waals surface area (Å²) < 4.78 is 69.2. The lowest BCUT2D eigenvalue weighted by atomic mass is 10.1. The van der Waals surface area contributed by atoms with Crippen LogP contribution in [0.3, 0.4) is 0 Å². The maximum Gasteiger partial charge on any atom is 0.474 e. The van der Waals surface area contributed by atoms with Gasteiger partial charge in [0.25, 0.3) is 0 Å². The molecule has 33 heavy (non-hydrogen) atoms. The Morgan fingerprint density at radius 2 is 1.88 bits per heavy atom. The summed E-state index contributed by atoms with van der Waals surface area (Å²) in [7, 11) is -2.15. The summed E-state index contributed by atoms with van der Waals surface area (Å²) >= 11 is 0. The molecule has 1 amide bonds. The fourth-order valence-electron chi connectivity index (χ4n) is 2.86. The molecule has 0 unspecified atom stereocenters. The van der Waals surface area contributed by atoms with Crippen LogP contribution in [0.1, 0.15) is 5.56 Å². The molecule has 13 heteroatoms. The van der Waals surface area contributed by atoms with E-state index in [1.807, 2.05) is 0 Å². The maximum atomic E-state index is 13.5. The second-order valence-electron chi connectivity index (χ2n) is 6.96. The van der Waals surface area contributed by atoms with Crippen LogP contribution >= 0.6 is 0 Å². The number of aromatic nitrogens is 3. The number of alkyl halides is 3. The molecule has 1 aromatic carbocycles. The Morgan fingerprint density at radius 1 is 1.15 bits per heavy atom. The van der Waals surface area contributed by atoms with Crippen molar-refractivity contribution in [3.8, 4) is 17.0 Å². The van der Waals surface area contributed by atoms with Gasteiger partial charge in [0.15, 0.2) is 0 Å². The van der Waals surface area contributed by atoms with Gasteiger partial charge in [-0.25, -0.2) is 19.3 Å². The van der Waals surface area contributed by atoms with Gasteiger partial charge in [-0.15, -0.1) is 10.1 Å². The molecular formula is C20H19F4N5O3S. The van der Waals surface area contributed by atoms with Gasteiger partial charge in [-0.3, -0.25) is 4.79 Å². The van der Waals surface area contributed by atoms with E-state index in [-0.39, 0.29) is 17.3 Å². The number of anilines is 2. The first kappa shape index (κ1) is 24.2.